The van der Waals surface area contributed by atoms with E-state index >= 15 is 0 Å². The first-order valence-corrected chi connectivity index (χ1v) is 4.71. The Bertz CT molecular complexity index is 111. The summed E-state index contributed by atoms with van der Waals surface area (Å²) in [5, 5.41) is 0. The van der Waals surface area contributed by atoms with Gasteiger partial charge in [0.05, 0.1) is 6.10 Å². The van der Waals surface area contributed by atoms with Gasteiger partial charge in [0.15, 0.2) is 0 Å². The Morgan fingerprint density at radius 3 is 2.58 bits per heavy atom. The third-order valence-electron chi connectivity index (χ3n) is 2.29. The zero-order valence-electron chi connectivity index (χ0n) is 7.79. The molecule has 1 rings (SSSR count). The van der Waals surface area contributed by atoms with Crippen molar-refractivity contribution in [3.8, 4) is 0 Å². The van der Waals surface area contributed by atoms with E-state index < -0.39 is 0 Å². The molecule has 0 spiro atoms. The second kappa shape index (κ2) is 7.05. The molecule has 1 saturated carbocycles. The van der Waals surface area contributed by atoms with E-state index in [1.54, 1.807) is 0 Å². The van der Waals surface area contributed by atoms with Gasteiger partial charge in [0.1, 0.15) is 0 Å². The normalized spacial score (nSPS) is 29.5. The van der Waals surface area contributed by atoms with Crippen LogP contribution in [0.3, 0.4) is 0 Å². The summed E-state index contributed by atoms with van der Waals surface area (Å²) in [6.07, 6.45) is 6.34. The van der Waals surface area contributed by atoms with Crippen LogP contribution in [0.2, 0.25) is 0 Å². The number of rotatable bonds is 3. The minimum atomic E-state index is 0. The third kappa shape index (κ3) is 4.02. The van der Waals surface area contributed by atoms with E-state index in [0.717, 1.165) is 19.4 Å². The summed E-state index contributed by atoms with van der Waals surface area (Å²) in [5.74, 6) is 0. The molecule has 1 aliphatic rings. The average molecular weight is 341 g/mol. The Morgan fingerprint density at radius 1 is 1.33 bits per heavy atom. The summed E-state index contributed by atoms with van der Waals surface area (Å²) >= 11 is 0. The van der Waals surface area contributed by atoms with Gasteiger partial charge in [0, 0.05) is 33.7 Å². The van der Waals surface area contributed by atoms with Gasteiger partial charge in [0.25, 0.3) is 0 Å². The molecule has 0 unspecified atom stereocenters. The molecular formula is C9H19NOW. The monoisotopic (exact) mass is 341 g/mol. The molecule has 2 nitrogen and oxygen atoms in total. The molecule has 2 N–H and O–H groups in total. The fraction of sp³-hybridized carbons (Fsp3) is 1.00. The van der Waals surface area contributed by atoms with Crippen LogP contribution in [-0.4, -0.2) is 18.8 Å². The smallest absolute Gasteiger partial charge is 0.0725 e. The van der Waals surface area contributed by atoms with Crippen LogP contribution in [0.1, 0.15) is 39.0 Å². The van der Waals surface area contributed by atoms with Crippen LogP contribution in [0.4, 0.5) is 0 Å². The predicted molar refractivity (Wildman–Crippen MR) is 46.5 cm³/mol. The molecule has 0 saturated heterocycles. The molecule has 0 heterocycles. The minimum absolute atomic E-state index is 0. The first-order chi connectivity index (χ1) is 5.34. The van der Waals surface area contributed by atoms with Crippen LogP contribution in [0.25, 0.3) is 0 Å². The van der Waals surface area contributed by atoms with Crippen molar-refractivity contribution in [2.24, 2.45) is 5.73 Å². The van der Waals surface area contributed by atoms with Crippen molar-refractivity contribution in [2.45, 2.75) is 51.2 Å². The maximum absolute atomic E-state index is 5.89. The van der Waals surface area contributed by atoms with Crippen LogP contribution in [-0.2, 0) is 25.8 Å². The summed E-state index contributed by atoms with van der Waals surface area (Å²) in [7, 11) is 0. The second-order valence-electron chi connectivity index (χ2n) is 3.36. The second-order valence-corrected chi connectivity index (χ2v) is 3.36. The van der Waals surface area contributed by atoms with Gasteiger partial charge in [-0.2, -0.15) is 0 Å². The van der Waals surface area contributed by atoms with Crippen molar-refractivity contribution in [1.82, 2.24) is 0 Å². The van der Waals surface area contributed by atoms with Crippen LogP contribution < -0.4 is 5.73 Å². The van der Waals surface area contributed by atoms with Gasteiger partial charge in [-0.1, -0.05) is 19.8 Å². The van der Waals surface area contributed by atoms with E-state index in [4.69, 9.17) is 10.5 Å². The van der Waals surface area contributed by atoms with Crippen LogP contribution in [0.15, 0.2) is 0 Å². The average Bonchev–Trinajstić information content (AvgIpc) is 2.03. The summed E-state index contributed by atoms with van der Waals surface area (Å²) in [4.78, 5) is 0. The number of ether oxygens (including phenoxy) is 1. The summed E-state index contributed by atoms with van der Waals surface area (Å²) < 4.78 is 5.62. The molecule has 0 aromatic carbocycles. The summed E-state index contributed by atoms with van der Waals surface area (Å²) in [5.41, 5.74) is 5.89. The fourth-order valence-electron chi connectivity index (χ4n) is 1.60. The zero-order valence-corrected chi connectivity index (χ0v) is 10.7. The van der Waals surface area contributed by atoms with Gasteiger partial charge in [-0.05, 0) is 19.3 Å². The molecule has 0 bridgehead atoms. The predicted octanol–water partition coefficient (Wildman–Crippen LogP) is 1.68. The van der Waals surface area contributed by atoms with Gasteiger partial charge < -0.3 is 10.5 Å². The van der Waals surface area contributed by atoms with E-state index in [2.05, 4.69) is 6.92 Å². The maximum Gasteiger partial charge on any atom is 0.0725 e. The molecule has 0 amide bonds. The van der Waals surface area contributed by atoms with Crippen molar-refractivity contribution < 1.29 is 25.8 Å². The number of hydrogen-bond donors (Lipinski definition) is 1. The van der Waals surface area contributed by atoms with Crippen LogP contribution >= 0.6 is 0 Å². The van der Waals surface area contributed by atoms with Crippen LogP contribution in [0.5, 0.6) is 0 Å². The van der Waals surface area contributed by atoms with Crippen molar-refractivity contribution in [3.05, 3.63) is 0 Å². The Balaban J connectivity index is 0.00000121. The van der Waals surface area contributed by atoms with E-state index in [1.165, 1.54) is 19.3 Å². The van der Waals surface area contributed by atoms with E-state index in [0.29, 0.717) is 12.1 Å². The molecule has 3 heteroatoms. The Morgan fingerprint density at radius 2 is 2.00 bits per heavy atom. The molecule has 72 valence electrons. The molecule has 1 aliphatic carbocycles. The van der Waals surface area contributed by atoms with Crippen molar-refractivity contribution in [2.75, 3.05) is 6.61 Å². The number of nitrogens with two attached hydrogens (primary N) is 1. The Hall–Kier alpha value is 0.608. The summed E-state index contributed by atoms with van der Waals surface area (Å²) in [6.45, 7) is 3.01. The van der Waals surface area contributed by atoms with Crippen molar-refractivity contribution in [3.63, 3.8) is 0 Å². The maximum atomic E-state index is 5.89. The molecule has 2 atom stereocenters. The van der Waals surface area contributed by atoms with E-state index in [1.807, 2.05) is 0 Å². The third-order valence-corrected chi connectivity index (χ3v) is 2.29. The number of hydrogen-bond acceptors (Lipinski definition) is 2. The molecular weight excluding hydrogens is 322 g/mol. The van der Waals surface area contributed by atoms with Gasteiger partial charge >= 0.3 is 0 Å². The van der Waals surface area contributed by atoms with Crippen LogP contribution in [0, 0.1) is 0 Å². The molecule has 0 radical (unpaired) electrons. The van der Waals surface area contributed by atoms with Gasteiger partial charge in [0.2, 0.25) is 0 Å². The first kappa shape index (κ1) is 12.6. The van der Waals surface area contributed by atoms with Gasteiger partial charge in [-0.15, -0.1) is 0 Å². The first-order valence-electron chi connectivity index (χ1n) is 4.71. The minimum Gasteiger partial charge on any atom is -0.377 e. The van der Waals surface area contributed by atoms with Gasteiger partial charge in [-0.3, -0.25) is 0 Å². The largest absolute Gasteiger partial charge is 0.377 e. The van der Waals surface area contributed by atoms with Gasteiger partial charge in [-0.25, -0.2) is 0 Å². The Labute approximate surface area is 89.5 Å². The topological polar surface area (TPSA) is 35.2 Å². The molecule has 0 aliphatic heterocycles. The van der Waals surface area contributed by atoms with Crippen molar-refractivity contribution in [1.29, 1.82) is 0 Å². The van der Waals surface area contributed by atoms with E-state index in [9.17, 15) is 0 Å². The molecule has 0 aromatic heterocycles. The summed E-state index contributed by atoms with van der Waals surface area (Å²) in [6, 6.07) is 0.301. The Kier molecular flexibility index (Phi) is 7.41. The standard InChI is InChI=1S/C9H19NO.W/c1-2-7-11-9-6-4-3-5-8(9)10;/h8-9H,2-7,10H2,1H3;/t8-,9-;/m1./s1. The molecule has 1 fully saturated rings. The van der Waals surface area contributed by atoms with Crippen molar-refractivity contribution >= 4 is 0 Å². The SMILES string of the molecule is CCCO[C@@H]1CCCC[C@H]1N.[W]. The van der Waals surface area contributed by atoms with E-state index in [-0.39, 0.29) is 21.1 Å². The fourth-order valence-corrected chi connectivity index (χ4v) is 1.60. The molecule has 0 aromatic rings. The zero-order chi connectivity index (χ0) is 8.10. The molecule has 12 heavy (non-hydrogen) atoms. The quantitative estimate of drug-likeness (QED) is 0.848.